The number of esters is 8. The van der Waals surface area contributed by atoms with Gasteiger partial charge in [0.1, 0.15) is 37.1 Å². The Morgan fingerprint density at radius 1 is 0.390 bits per heavy atom. The van der Waals surface area contributed by atoms with Crippen molar-refractivity contribution in [1.29, 1.82) is 0 Å². The Bertz CT molecular complexity index is 1530. The second-order valence-corrected chi connectivity index (χ2v) is 13.8. The fourth-order valence-electron chi connectivity index (χ4n) is 6.53. The normalized spacial score (nSPS) is 34.3. The number of hydrogen-bond donors (Lipinski definition) is 0. The van der Waals surface area contributed by atoms with Crippen LogP contribution in [-0.2, 0) is 105 Å². The Kier molecular flexibility index (Phi) is 19.0. The molecule has 0 saturated carbocycles. The molecule has 3 rings (SSSR count). The van der Waals surface area contributed by atoms with Gasteiger partial charge in [0.25, 0.3) is 0 Å². The number of carbonyl (C=O) groups excluding carboxylic acids is 8. The minimum atomic E-state index is -1.83. The van der Waals surface area contributed by atoms with E-state index in [0.717, 1.165) is 55.4 Å². The maximum absolute atomic E-state index is 12.7. The molecule has 0 aromatic carbocycles. The maximum Gasteiger partial charge on any atom is 0.303 e. The van der Waals surface area contributed by atoms with Crippen molar-refractivity contribution in [3.8, 4) is 0 Å². The lowest BCUT2D eigenvalue weighted by Crippen LogP contribution is -2.68. The van der Waals surface area contributed by atoms with Crippen LogP contribution in [0.5, 0.6) is 0 Å². The highest BCUT2D eigenvalue weighted by Gasteiger charge is 2.59. The molecule has 334 valence electrons. The molecular formula is C35H48Cl2O22. The Morgan fingerprint density at radius 2 is 0.678 bits per heavy atom. The van der Waals surface area contributed by atoms with Crippen molar-refractivity contribution in [2.75, 3.05) is 25.5 Å². The first-order valence-electron chi connectivity index (χ1n) is 18.0. The van der Waals surface area contributed by atoms with Crippen molar-refractivity contribution in [3.63, 3.8) is 0 Å². The highest BCUT2D eigenvalue weighted by atomic mass is 35.5. The summed E-state index contributed by atoms with van der Waals surface area (Å²) in [6.45, 7) is 7.82. The fourth-order valence-corrected chi connectivity index (χ4v) is 7.02. The van der Waals surface area contributed by atoms with Gasteiger partial charge in [0.15, 0.2) is 61.6 Å². The minimum absolute atomic E-state index is 0.387. The van der Waals surface area contributed by atoms with Crippen molar-refractivity contribution in [2.24, 2.45) is 0 Å². The average Bonchev–Trinajstić information content (AvgIpc) is 3.11. The Hall–Kier alpha value is -3.90. The first-order valence-corrected chi connectivity index (χ1v) is 19.0. The van der Waals surface area contributed by atoms with Gasteiger partial charge in [-0.3, -0.25) is 38.4 Å². The molecule has 0 bridgehead atoms. The van der Waals surface area contributed by atoms with Crippen LogP contribution in [0.2, 0.25) is 0 Å². The molecule has 22 nitrogen and oxygen atoms in total. The summed E-state index contributed by atoms with van der Waals surface area (Å²) in [4.78, 5) is 98.9. The van der Waals surface area contributed by atoms with E-state index in [2.05, 4.69) is 0 Å². The van der Waals surface area contributed by atoms with Crippen LogP contribution < -0.4 is 0 Å². The number of hydrogen-bond acceptors (Lipinski definition) is 22. The van der Waals surface area contributed by atoms with Gasteiger partial charge in [0, 0.05) is 62.5 Å². The molecule has 0 N–H and O–H groups in total. The van der Waals surface area contributed by atoms with Crippen molar-refractivity contribution in [3.05, 3.63) is 0 Å². The zero-order valence-electron chi connectivity index (χ0n) is 33.5. The van der Waals surface area contributed by atoms with Crippen molar-refractivity contribution in [2.45, 2.75) is 148 Å². The molecule has 0 unspecified atom stereocenters. The van der Waals surface area contributed by atoms with Crippen molar-refractivity contribution >= 4 is 71.0 Å². The van der Waals surface area contributed by atoms with Gasteiger partial charge in [-0.2, -0.15) is 0 Å². The Morgan fingerprint density at radius 3 is 1.02 bits per heavy atom. The van der Waals surface area contributed by atoms with Gasteiger partial charge in [0.05, 0.1) is 11.8 Å². The Balaban J connectivity index is 2.18. The first-order chi connectivity index (χ1) is 27.7. The van der Waals surface area contributed by atoms with E-state index in [-0.39, 0.29) is 5.88 Å². The second kappa shape index (κ2) is 22.6. The van der Waals surface area contributed by atoms with Gasteiger partial charge in [-0.15, -0.1) is 23.2 Å². The van der Waals surface area contributed by atoms with Crippen LogP contribution in [0.4, 0.5) is 0 Å². The number of halogens is 2. The summed E-state index contributed by atoms with van der Waals surface area (Å²) in [6, 6.07) is 0. The van der Waals surface area contributed by atoms with Crippen LogP contribution in [0.15, 0.2) is 0 Å². The van der Waals surface area contributed by atoms with E-state index in [1.165, 1.54) is 7.11 Å². The molecule has 0 spiro atoms. The third-order valence-electron chi connectivity index (χ3n) is 8.46. The van der Waals surface area contributed by atoms with E-state index in [9.17, 15) is 38.4 Å². The lowest BCUT2D eigenvalue weighted by molar-refractivity contribution is -0.374. The van der Waals surface area contributed by atoms with E-state index in [0.29, 0.717) is 0 Å². The molecule has 0 aromatic heterocycles. The molecule has 0 amide bonds. The molecule has 3 aliphatic rings. The Labute approximate surface area is 348 Å². The summed E-state index contributed by atoms with van der Waals surface area (Å²) in [5.74, 6) is -7.91. The molecule has 0 aliphatic carbocycles. The predicted octanol–water partition coefficient (Wildman–Crippen LogP) is 0.141. The molecule has 15 atom stereocenters. The van der Waals surface area contributed by atoms with E-state index in [1.807, 2.05) is 0 Å². The second-order valence-electron chi connectivity index (χ2n) is 13.2. The van der Waals surface area contributed by atoms with E-state index in [1.54, 1.807) is 0 Å². The summed E-state index contributed by atoms with van der Waals surface area (Å²) in [7, 11) is 1.20. The monoisotopic (exact) mass is 890 g/mol. The topological polar surface area (TPSA) is 266 Å². The van der Waals surface area contributed by atoms with Crippen LogP contribution in [0.3, 0.4) is 0 Å². The lowest BCUT2D eigenvalue weighted by atomic mass is 9.95. The summed E-state index contributed by atoms with van der Waals surface area (Å²) in [5, 5.41) is 0. The number of methoxy groups -OCH3 is 1. The van der Waals surface area contributed by atoms with E-state index >= 15 is 0 Å². The standard InChI is InChI=1S/C35H48Cl2O22/c1-13(38)47-12-23-26(29(51-17(5)42)30(52-18(6)43)33(46-9)57-23)59-35-32(54-20(8)45)28(50-16(4)41)25(22(11-37)56-35)58-34-31(53-19(7)44)27(49-15(3)40)24(48-14(2)39)21(10-36)55-34/h21-35H,10-12H2,1-9H3/t21-,22-,23-,24-,25-,26-,27+,28+,29+,30-,31-,32-,33-,34-,35-/m1/s1. The van der Waals surface area contributed by atoms with Gasteiger partial charge >= 0.3 is 47.8 Å². The van der Waals surface area contributed by atoms with Crippen molar-refractivity contribution in [1.82, 2.24) is 0 Å². The van der Waals surface area contributed by atoms with Gasteiger partial charge in [-0.1, -0.05) is 0 Å². The molecule has 0 aromatic rings. The van der Waals surface area contributed by atoms with Gasteiger partial charge in [0.2, 0.25) is 0 Å². The molecule has 3 heterocycles. The predicted molar refractivity (Wildman–Crippen MR) is 190 cm³/mol. The zero-order valence-corrected chi connectivity index (χ0v) is 35.0. The molecular weight excluding hydrogens is 843 g/mol. The molecule has 3 saturated heterocycles. The first kappa shape index (κ1) is 49.5. The van der Waals surface area contributed by atoms with E-state index < -0.39 is 152 Å². The highest BCUT2D eigenvalue weighted by Crippen LogP contribution is 2.38. The number of ether oxygens (including phenoxy) is 14. The van der Waals surface area contributed by atoms with Gasteiger partial charge in [-0.25, -0.2) is 0 Å². The maximum atomic E-state index is 12.7. The SMILES string of the molecule is CO[C@@H]1O[C@H](COC(C)=O)[C@@H](O[C@H]2O[C@H](CCl)[C@@H](O[C@H]3O[C@H](CCl)[C@@H](OC(C)=O)[C@H](OC(C)=O)[C@H]3OC(C)=O)[C@H](OC(C)=O)[C@H]2OC(C)=O)[C@H](OC(C)=O)[C@H]1OC(C)=O. The third kappa shape index (κ3) is 13.8. The summed E-state index contributed by atoms with van der Waals surface area (Å²) < 4.78 is 80.0. The summed E-state index contributed by atoms with van der Waals surface area (Å²) in [5.41, 5.74) is 0. The molecule has 0 radical (unpaired) electrons. The average molecular weight is 892 g/mol. The van der Waals surface area contributed by atoms with Gasteiger partial charge < -0.3 is 66.3 Å². The fraction of sp³-hybridized carbons (Fsp3) is 0.771. The summed E-state index contributed by atoms with van der Waals surface area (Å²) in [6.07, 6.45) is -23.6. The van der Waals surface area contributed by atoms with Gasteiger partial charge in [-0.05, 0) is 0 Å². The number of alkyl halides is 2. The highest BCUT2D eigenvalue weighted by molar-refractivity contribution is 6.18. The third-order valence-corrected chi connectivity index (χ3v) is 9.07. The molecule has 59 heavy (non-hydrogen) atoms. The largest absolute Gasteiger partial charge is 0.463 e. The number of rotatable bonds is 16. The van der Waals surface area contributed by atoms with Crippen LogP contribution in [0.25, 0.3) is 0 Å². The van der Waals surface area contributed by atoms with Crippen LogP contribution in [-0.4, -0.2) is 165 Å². The van der Waals surface area contributed by atoms with Crippen molar-refractivity contribution < 1.29 is 105 Å². The molecule has 24 heteroatoms. The van der Waals surface area contributed by atoms with Crippen LogP contribution in [0.1, 0.15) is 55.4 Å². The van der Waals surface area contributed by atoms with Crippen LogP contribution in [0, 0.1) is 0 Å². The smallest absolute Gasteiger partial charge is 0.303 e. The quantitative estimate of drug-likeness (QED) is 0.113. The minimum Gasteiger partial charge on any atom is -0.463 e. The molecule has 3 fully saturated rings. The lowest BCUT2D eigenvalue weighted by Gasteiger charge is -2.50. The van der Waals surface area contributed by atoms with E-state index in [4.69, 9.17) is 89.5 Å². The molecule has 3 aliphatic heterocycles. The zero-order chi connectivity index (χ0) is 44.3. The summed E-state index contributed by atoms with van der Waals surface area (Å²) >= 11 is 12.6. The van der Waals surface area contributed by atoms with Crippen LogP contribution >= 0.6 is 23.2 Å². The number of carbonyl (C=O) groups is 8.